The molecule has 9 nitrogen and oxygen atoms in total. The summed E-state index contributed by atoms with van der Waals surface area (Å²) in [6, 6.07) is 5.04. The van der Waals surface area contributed by atoms with Crippen LogP contribution in [0.15, 0.2) is 18.2 Å². The Labute approximate surface area is 185 Å². The maximum absolute atomic E-state index is 14.2. The van der Waals surface area contributed by atoms with E-state index in [0.29, 0.717) is 29.4 Å². The van der Waals surface area contributed by atoms with Crippen LogP contribution in [0.2, 0.25) is 0 Å². The third-order valence-corrected chi connectivity index (χ3v) is 5.65. The number of nitrogens with two attached hydrogens (primary N) is 1. The quantitative estimate of drug-likeness (QED) is 0.556. The van der Waals surface area contributed by atoms with Crippen LogP contribution in [0.25, 0.3) is 10.9 Å². The number of fused-ring (bicyclic) bond motifs is 1. The molecule has 2 atom stereocenters. The number of rotatable bonds is 5. The first-order valence-electron chi connectivity index (χ1n) is 10.6. The van der Waals surface area contributed by atoms with E-state index in [1.807, 2.05) is 13.0 Å². The van der Waals surface area contributed by atoms with Gasteiger partial charge >= 0.3 is 0 Å². The fourth-order valence-corrected chi connectivity index (χ4v) is 4.13. The zero-order chi connectivity index (χ0) is 23.0. The van der Waals surface area contributed by atoms with Crippen molar-refractivity contribution in [3.63, 3.8) is 0 Å². The van der Waals surface area contributed by atoms with Crippen molar-refractivity contribution in [2.75, 3.05) is 29.0 Å². The number of halogens is 1. The molecular weight excluding hydrogens is 411 g/mol. The van der Waals surface area contributed by atoms with Crippen molar-refractivity contribution in [1.29, 1.82) is 0 Å². The molecule has 1 saturated heterocycles. The number of carbonyl (C=O) groups is 1. The SMILES string of the molecule is CC(=O)N[C@@H]1CCN(c2nc3c(C)c(F)ccc3cc2[C@H](C)Nc2nc(C)nc(N)n2)C1. The number of pyridine rings is 1. The standard InChI is InChI=1S/C22H27FN8O/c1-11-18(23)6-5-15-9-17(12(2)25-22-27-13(3)26-21(24)30-22)20(29-19(11)15)31-8-7-16(10-31)28-14(4)32/h5-6,9,12,16H,7-8,10H2,1-4H3,(H,28,32)(H3,24,25,26,27,30)/t12-,16+/m0/s1. The van der Waals surface area contributed by atoms with Gasteiger partial charge in [0.1, 0.15) is 17.5 Å². The molecule has 4 rings (SSSR count). The molecule has 32 heavy (non-hydrogen) atoms. The number of carbonyl (C=O) groups excluding carboxylic acids is 1. The second-order valence-corrected chi connectivity index (χ2v) is 8.21. The smallest absolute Gasteiger partial charge is 0.228 e. The lowest BCUT2D eigenvalue weighted by Crippen LogP contribution is -2.36. The fourth-order valence-electron chi connectivity index (χ4n) is 4.13. The van der Waals surface area contributed by atoms with Crippen LogP contribution >= 0.6 is 0 Å². The minimum atomic E-state index is -0.288. The Kier molecular flexibility index (Phi) is 5.77. The second-order valence-electron chi connectivity index (χ2n) is 8.21. The molecule has 0 spiro atoms. The molecule has 1 amide bonds. The molecule has 3 heterocycles. The van der Waals surface area contributed by atoms with Crippen molar-refractivity contribution in [3.05, 3.63) is 41.0 Å². The lowest BCUT2D eigenvalue weighted by atomic mass is 10.0. The van der Waals surface area contributed by atoms with Crippen LogP contribution in [0.3, 0.4) is 0 Å². The average Bonchev–Trinajstić information content (AvgIpc) is 3.17. The van der Waals surface area contributed by atoms with E-state index in [2.05, 4.69) is 30.5 Å². The normalized spacial score (nSPS) is 16.9. The number of nitrogens with zero attached hydrogens (tertiary/aromatic N) is 5. The summed E-state index contributed by atoms with van der Waals surface area (Å²) >= 11 is 0. The molecule has 4 N–H and O–H groups in total. The monoisotopic (exact) mass is 438 g/mol. The Bertz CT molecular complexity index is 1160. The molecule has 1 aliphatic rings. The van der Waals surface area contributed by atoms with Crippen LogP contribution in [0, 0.1) is 19.7 Å². The molecule has 10 heteroatoms. The molecule has 0 aliphatic carbocycles. The Hall–Kier alpha value is -3.56. The van der Waals surface area contributed by atoms with Crippen LogP contribution in [0.1, 0.15) is 43.3 Å². The van der Waals surface area contributed by atoms with Crippen molar-refractivity contribution >= 4 is 34.5 Å². The van der Waals surface area contributed by atoms with Gasteiger partial charge in [-0.25, -0.2) is 9.37 Å². The first-order chi connectivity index (χ1) is 15.2. The molecule has 168 valence electrons. The van der Waals surface area contributed by atoms with Crippen LogP contribution in [0.4, 0.5) is 22.1 Å². The number of aromatic nitrogens is 4. The van der Waals surface area contributed by atoms with Crippen molar-refractivity contribution in [2.24, 2.45) is 0 Å². The van der Waals surface area contributed by atoms with E-state index in [4.69, 9.17) is 10.7 Å². The van der Waals surface area contributed by atoms with E-state index in [0.717, 1.165) is 29.7 Å². The zero-order valence-electron chi connectivity index (χ0n) is 18.6. The summed E-state index contributed by atoms with van der Waals surface area (Å²) in [6.45, 7) is 8.35. The van der Waals surface area contributed by atoms with Crippen molar-refractivity contribution in [2.45, 2.75) is 46.2 Å². The predicted octanol–water partition coefficient (Wildman–Crippen LogP) is 2.65. The summed E-state index contributed by atoms with van der Waals surface area (Å²) in [5, 5.41) is 7.11. The predicted molar refractivity (Wildman–Crippen MR) is 122 cm³/mol. The highest BCUT2D eigenvalue weighted by Gasteiger charge is 2.28. The number of amides is 1. The number of nitrogen functional groups attached to an aromatic ring is 1. The van der Waals surface area contributed by atoms with E-state index < -0.39 is 0 Å². The average molecular weight is 439 g/mol. The molecule has 1 aliphatic heterocycles. The van der Waals surface area contributed by atoms with Gasteiger partial charge in [0.15, 0.2) is 0 Å². The van der Waals surface area contributed by atoms with E-state index in [9.17, 15) is 9.18 Å². The van der Waals surface area contributed by atoms with Gasteiger partial charge in [-0.1, -0.05) is 0 Å². The first-order valence-corrected chi connectivity index (χ1v) is 10.6. The molecular formula is C22H27FN8O. The molecule has 3 aromatic rings. The summed E-state index contributed by atoms with van der Waals surface area (Å²) in [4.78, 5) is 31.0. The Morgan fingerprint density at radius 2 is 2.03 bits per heavy atom. The van der Waals surface area contributed by atoms with Gasteiger partial charge in [-0.05, 0) is 45.4 Å². The summed E-state index contributed by atoms with van der Waals surface area (Å²) < 4.78 is 14.2. The van der Waals surface area contributed by atoms with Gasteiger partial charge in [0.2, 0.25) is 17.8 Å². The van der Waals surface area contributed by atoms with Gasteiger partial charge in [0.25, 0.3) is 0 Å². The lowest BCUT2D eigenvalue weighted by Gasteiger charge is -2.25. The van der Waals surface area contributed by atoms with E-state index in [1.54, 1.807) is 19.9 Å². The van der Waals surface area contributed by atoms with Gasteiger partial charge in [-0.3, -0.25) is 4.79 Å². The number of aryl methyl sites for hydroxylation is 2. The molecule has 0 bridgehead atoms. The van der Waals surface area contributed by atoms with Crippen LogP contribution < -0.4 is 21.3 Å². The number of anilines is 3. The minimum absolute atomic E-state index is 0.0423. The molecule has 0 radical (unpaired) electrons. The van der Waals surface area contributed by atoms with E-state index in [1.165, 1.54) is 13.0 Å². The summed E-state index contributed by atoms with van der Waals surface area (Å²) in [5.41, 5.74) is 7.82. The minimum Gasteiger partial charge on any atom is -0.368 e. The van der Waals surface area contributed by atoms with Crippen LogP contribution in [-0.4, -0.2) is 45.0 Å². The Balaban J connectivity index is 1.75. The number of hydrogen-bond acceptors (Lipinski definition) is 8. The summed E-state index contributed by atoms with van der Waals surface area (Å²) in [6.07, 6.45) is 0.811. The molecule has 0 unspecified atom stereocenters. The van der Waals surface area contributed by atoms with Gasteiger partial charge < -0.3 is 21.3 Å². The highest BCUT2D eigenvalue weighted by Crippen LogP contribution is 2.33. The first kappa shape index (κ1) is 21.7. The molecule has 1 aromatic carbocycles. The summed E-state index contributed by atoms with van der Waals surface area (Å²) in [7, 11) is 0. The van der Waals surface area contributed by atoms with Crippen molar-refractivity contribution in [3.8, 4) is 0 Å². The third-order valence-electron chi connectivity index (χ3n) is 5.65. The van der Waals surface area contributed by atoms with Crippen LogP contribution in [-0.2, 0) is 4.79 Å². The zero-order valence-corrected chi connectivity index (χ0v) is 18.6. The fraction of sp³-hybridized carbons (Fsp3) is 0.409. The van der Waals surface area contributed by atoms with E-state index >= 15 is 0 Å². The third kappa shape index (κ3) is 4.39. The largest absolute Gasteiger partial charge is 0.368 e. The highest BCUT2D eigenvalue weighted by molar-refractivity contribution is 5.85. The van der Waals surface area contributed by atoms with Crippen LogP contribution in [0.5, 0.6) is 0 Å². The number of hydrogen-bond donors (Lipinski definition) is 3. The molecule has 0 saturated carbocycles. The molecule has 2 aromatic heterocycles. The van der Waals surface area contributed by atoms with Gasteiger partial charge in [-0.15, -0.1) is 0 Å². The van der Waals surface area contributed by atoms with Gasteiger partial charge in [0.05, 0.1) is 11.6 Å². The topological polar surface area (TPSA) is 122 Å². The van der Waals surface area contributed by atoms with Gasteiger partial charge in [-0.2, -0.15) is 15.0 Å². The number of nitrogens with one attached hydrogen (secondary N) is 2. The van der Waals surface area contributed by atoms with Crippen molar-refractivity contribution in [1.82, 2.24) is 25.3 Å². The number of benzene rings is 1. The summed E-state index contributed by atoms with van der Waals surface area (Å²) in [5.74, 6) is 1.45. The lowest BCUT2D eigenvalue weighted by molar-refractivity contribution is -0.119. The Morgan fingerprint density at radius 1 is 1.25 bits per heavy atom. The molecule has 1 fully saturated rings. The maximum atomic E-state index is 14.2. The maximum Gasteiger partial charge on any atom is 0.228 e. The van der Waals surface area contributed by atoms with Crippen molar-refractivity contribution < 1.29 is 9.18 Å². The Morgan fingerprint density at radius 3 is 2.75 bits per heavy atom. The van der Waals surface area contributed by atoms with E-state index in [-0.39, 0.29) is 29.8 Å². The van der Waals surface area contributed by atoms with Gasteiger partial charge in [0, 0.05) is 42.6 Å². The second kappa shape index (κ2) is 8.52. The highest BCUT2D eigenvalue weighted by atomic mass is 19.1.